The summed E-state index contributed by atoms with van der Waals surface area (Å²) in [6.45, 7) is 2.33. The minimum atomic E-state index is -4.31. The number of benzene rings is 1. The van der Waals surface area contributed by atoms with Crippen LogP contribution >= 0.6 is 0 Å². The quantitative estimate of drug-likeness (QED) is 0.510. The average Bonchev–Trinajstić information content (AvgIpc) is 2.48. The Bertz CT molecular complexity index is 559. The number of hydrogen-bond acceptors (Lipinski definition) is 4. The van der Waals surface area contributed by atoms with Crippen molar-refractivity contribution in [1.82, 2.24) is 10.2 Å². The van der Waals surface area contributed by atoms with Crippen molar-refractivity contribution in [3.63, 3.8) is 0 Å². The van der Waals surface area contributed by atoms with Gasteiger partial charge >= 0.3 is 11.9 Å². The van der Waals surface area contributed by atoms with E-state index < -0.39 is 35.1 Å². The molecule has 1 atom stereocenters. The molecule has 0 bridgehead atoms. The molecule has 128 valence electrons. The fourth-order valence-corrected chi connectivity index (χ4v) is 2.73. The Labute approximate surface area is 130 Å². The van der Waals surface area contributed by atoms with Crippen molar-refractivity contribution in [3.05, 3.63) is 39.7 Å². The van der Waals surface area contributed by atoms with E-state index in [2.05, 4.69) is 5.32 Å². The minimum absolute atomic E-state index is 0.216. The Morgan fingerprint density at radius 3 is 2.52 bits per heavy atom. The lowest BCUT2D eigenvalue weighted by molar-refractivity contribution is -0.387. The van der Waals surface area contributed by atoms with Crippen LogP contribution in [0.15, 0.2) is 18.2 Å². The second-order valence-electron chi connectivity index (χ2n) is 5.42. The van der Waals surface area contributed by atoms with Crippen LogP contribution in [0.1, 0.15) is 24.4 Å². The van der Waals surface area contributed by atoms with Gasteiger partial charge in [0.25, 0.3) is 0 Å². The van der Waals surface area contributed by atoms with Crippen LogP contribution in [0, 0.1) is 15.9 Å². The Kier molecular flexibility index (Phi) is 5.53. The van der Waals surface area contributed by atoms with Gasteiger partial charge in [0.05, 0.1) is 4.92 Å². The lowest BCUT2D eigenvalue weighted by atomic mass is 9.98. The third kappa shape index (κ3) is 4.87. The van der Waals surface area contributed by atoms with Gasteiger partial charge in [-0.3, -0.25) is 15.0 Å². The zero-order valence-electron chi connectivity index (χ0n) is 12.3. The highest BCUT2D eigenvalue weighted by Crippen LogP contribution is 2.33. The molecule has 0 saturated carbocycles. The first-order valence-corrected chi connectivity index (χ1v) is 7.23. The second kappa shape index (κ2) is 7.22. The van der Waals surface area contributed by atoms with Crippen LogP contribution in [0.2, 0.25) is 0 Å². The summed E-state index contributed by atoms with van der Waals surface area (Å²) in [6, 6.07) is 2.68. The molecule has 1 N–H and O–H groups in total. The van der Waals surface area contributed by atoms with E-state index >= 15 is 0 Å². The summed E-state index contributed by atoms with van der Waals surface area (Å²) >= 11 is 0. The maximum absolute atomic E-state index is 13.5. The number of piperazine rings is 1. The largest absolute Gasteiger partial charge is 0.389 e. The highest BCUT2D eigenvalue weighted by atomic mass is 19.4. The topological polar surface area (TPSA) is 58.4 Å². The van der Waals surface area contributed by atoms with E-state index in [0.717, 1.165) is 12.1 Å². The van der Waals surface area contributed by atoms with Crippen molar-refractivity contribution in [3.8, 4) is 0 Å². The van der Waals surface area contributed by atoms with E-state index in [1.165, 1.54) is 6.07 Å². The monoisotopic (exact) mass is 335 g/mol. The van der Waals surface area contributed by atoms with Gasteiger partial charge in [0.1, 0.15) is 0 Å². The smallest absolute Gasteiger partial charge is 0.314 e. The predicted molar refractivity (Wildman–Crippen MR) is 75.5 cm³/mol. The fraction of sp³-hybridized carbons (Fsp3) is 0.571. The number of alkyl halides is 3. The van der Waals surface area contributed by atoms with Crippen LogP contribution < -0.4 is 5.32 Å². The van der Waals surface area contributed by atoms with Crippen molar-refractivity contribution in [1.29, 1.82) is 0 Å². The molecular weight excluding hydrogens is 318 g/mol. The van der Waals surface area contributed by atoms with E-state index in [-0.39, 0.29) is 6.42 Å². The lowest BCUT2D eigenvalue weighted by Gasteiger charge is -2.35. The zero-order chi connectivity index (χ0) is 17.0. The van der Waals surface area contributed by atoms with E-state index in [4.69, 9.17) is 0 Å². The second-order valence-corrected chi connectivity index (χ2v) is 5.42. The molecule has 5 nitrogen and oxygen atoms in total. The van der Waals surface area contributed by atoms with E-state index in [9.17, 15) is 27.7 Å². The summed E-state index contributed by atoms with van der Waals surface area (Å²) in [5.74, 6) is -0.992. The van der Waals surface area contributed by atoms with Crippen molar-refractivity contribution >= 4 is 5.69 Å². The van der Waals surface area contributed by atoms with Crippen molar-refractivity contribution < 1.29 is 22.5 Å². The van der Waals surface area contributed by atoms with Gasteiger partial charge in [0.2, 0.25) is 5.82 Å². The number of nitro groups is 1. The lowest BCUT2D eigenvalue weighted by Crippen LogP contribution is -2.45. The van der Waals surface area contributed by atoms with Crippen LogP contribution in [-0.2, 0) is 0 Å². The summed E-state index contributed by atoms with van der Waals surface area (Å²) in [6.07, 6.45) is -5.52. The van der Waals surface area contributed by atoms with Gasteiger partial charge in [0, 0.05) is 44.7 Å². The number of nitro benzene ring substituents is 1. The third-order valence-electron chi connectivity index (χ3n) is 3.85. The minimum Gasteiger partial charge on any atom is -0.314 e. The average molecular weight is 335 g/mol. The summed E-state index contributed by atoms with van der Waals surface area (Å²) in [7, 11) is 0. The first-order valence-electron chi connectivity index (χ1n) is 7.23. The maximum atomic E-state index is 13.5. The van der Waals surface area contributed by atoms with Crippen LogP contribution in [-0.4, -0.2) is 42.2 Å². The van der Waals surface area contributed by atoms with Crippen LogP contribution in [0.4, 0.5) is 23.2 Å². The van der Waals surface area contributed by atoms with Crippen molar-refractivity contribution in [2.75, 3.05) is 26.2 Å². The molecule has 1 heterocycles. The summed E-state index contributed by atoms with van der Waals surface area (Å²) in [5.41, 5.74) is -0.376. The summed E-state index contributed by atoms with van der Waals surface area (Å²) in [5, 5.41) is 14.0. The molecule has 1 aromatic rings. The van der Waals surface area contributed by atoms with E-state index in [1.807, 2.05) is 4.90 Å². The number of nitrogens with zero attached hydrogens (tertiary/aromatic N) is 2. The van der Waals surface area contributed by atoms with Crippen molar-refractivity contribution in [2.45, 2.75) is 25.1 Å². The molecule has 9 heteroatoms. The highest BCUT2D eigenvalue weighted by Gasteiger charge is 2.32. The van der Waals surface area contributed by atoms with Crippen LogP contribution in [0.25, 0.3) is 0 Å². The molecule has 1 aromatic carbocycles. The normalized spacial score (nSPS) is 17.9. The summed E-state index contributed by atoms with van der Waals surface area (Å²) < 4.78 is 51.2. The first-order chi connectivity index (χ1) is 10.8. The Hall–Kier alpha value is -1.74. The molecule has 2 rings (SSSR count). The van der Waals surface area contributed by atoms with Crippen LogP contribution in [0.5, 0.6) is 0 Å². The number of hydrogen-bond donors (Lipinski definition) is 1. The van der Waals surface area contributed by atoms with Gasteiger partial charge in [-0.25, -0.2) is 0 Å². The number of rotatable bonds is 5. The molecule has 1 aliphatic rings. The first kappa shape index (κ1) is 17.6. The Balaban J connectivity index is 2.28. The maximum Gasteiger partial charge on any atom is 0.389 e. The van der Waals surface area contributed by atoms with Gasteiger partial charge in [-0.05, 0) is 18.1 Å². The molecule has 0 radical (unpaired) electrons. The number of halogens is 4. The SMILES string of the molecule is O=[N+]([O-])c1cc([C@H](CCC(F)(F)F)N2CCNCC2)ccc1F. The molecule has 0 aromatic heterocycles. The molecule has 1 fully saturated rings. The van der Waals surface area contributed by atoms with Crippen molar-refractivity contribution in [2.24, 2.45) is 0 Å². The molecule has 1 aliphatic heterocycles. The van der Waals surface area contributed by atoms with Gasteiger partial charge in [0.15, 0.2) is 0 Å². The standard InChI is InChI=1S/C14H17F4N3O2/c15-11-2-1-10(9-13(11)21(22)23)12(3-4-14(16,17)18)20-7-5-19-6-8-20/h1-2,9,12,19H,3-8H2/t12-/m0/s1. The van der Waals surface area contributed by atoms with Gasteiger partial charge in [-0.2, -0.15) is 17.6 Å². The van der Waals surface area contributed by atoms with Crippen LogP contribution in [0.3, 0.4) is 0 Å². The van der Waals surface area contributed by atoms with Gasteiger partial charge in [-0.1, -0.05) is 6.07 Å². The zero-order valence-corrected chi connectivity index (χ0v) is 12.3. The van der Waals surface area contributed by atoms with Gasteiger partial charge in [-0.15, -0.1) is 0 Å². The van der Waals surface area contributed by atoms with Gasteiger partial charge < -0.3 is 5.32 Å². The molecule has 0 amide bonds. The molecule has 0 spiro atoms. The molecule has 1 saturated heterocycles. The highest BCUT2D eigenvalue weighted by molar-refractivity contribution is 5.37. The molecule has 0 aliphatic carbocycles. The van der Waals surface area contributed by atoms with E-state index in [1.54, 1.807) is 0 Å². The fourth-order valence-electron chi connectivity index (χ4n) is 2.73. The predicted octanol–water partition coefficient (Wildman–Crippen LogP) is 3.02. The van der Waals surface area contributed by atoms with E-state index in [0.29, 0.717) is 31.7 Å². The number of nitrogens with one attached hydrogen (secondary N) is 1. The third-order valence-corrected chi connectivity index (χ3v) is 3.85. The summed E-state index contributed by atoms with van der Waals surface area (Å²) in [4.78, 5) is 11.8. The molecular formula is C14H17F4N3O2. The Morgan fingerprint density at radius 2 is 1.96 bits per heavy atom. The molecule has 23 heavy (non-hydrogen) atoms. The Morgan fingerprint density at radius 1 is 1.30 bits per heavy atom. The molecule has 0 unspecified atom stereocenters.